The van der Waals surface area contributed by atoms with Crippen LogP contribution >= 0.6 is 0 Å². The molecule has 4 heteroatoms. The average Bonchev–Trinajstić information content (AvgIpc) is 2.43. The van der Waals surface area contributed by atoms with Crippen molar-refractivity contribution < 1.29 is 4.79 Å². The van der Waals surface area contributed by atoms with Crippen molar-refractivity contribution in [1.82, 2.24) is 15.5 Å². The summed E-state index contributed by atoms with van der Waals surface area (Å²) < 4.78 is 0. The van der Waals surface area contributed by atoms with Crippen LogP contribution in [0.15, 0.2) is 0 Å². The summed E-state index contributed by atoms with van der Waals surface area (Å²) in [4.78, 5) is 15.0. The van der Waals surface area contributed by atoms with Crippen LogP contribution in [0.2, 0.25) is 0 Å². The second-order valence-electron chi connectivity index (χ2n) is 9.18. The van der Waals surface area contributed by atoms with Crippen molar-refractivity contribution in [3.05, 3.63) is 0 Å². The van der Waals surface area contributed by atoms with Crippen molar-refractivity contribution >= 4 is 6.03 Å². The van der Waals surface area contributed by atoms with Crippen LogP contribution in [-0.4, -0.2) is 42.1 Å². The van der Waals surface area contributed by atoms with Gasteiger partial charge in [0, 0.05) is 24.2 Å². The van der Waals surface area contributed by atoms with Gasteiger partial charge in [0.2, 0.25) is 0 Å². The van der Waals surface area contributed by atoms with Gasteiger partial charge in [0.05, 0.1) is 0 Å². The van der Waals surface area contributed by atoms with Gasteiger partial charge in [-0.15, -0.1) is 0 Å². The smallest absolute Gasteiger partial charge is 0.315 e. The molecule has 2 heterocycles. The number of carbonyl (C=O) groups is 1. The molecule has 0 aromatic heterocycles. The molecule has 23 heavy (non-hydrogen) atoms. The zero-order chi connectivity index (χ0) is 16.6. The summed E-state index contributed by atoms with van der Waals surface area (Å²) in [6.07, 6.45) is 9.70. The number of urea groups is 1. The van der Waals surface area contributed by atoms with E-state index in [2.05, 4.69) is 43.4 Å². The van der Waals surface area contributed by atoms with E-state index < -0.39 is 0 Å². The maximum atomic E-state index is 12.5. The first-order chi connectivity index (χ1) is 10.8. The van der Waals surface area contributed by atoms with Crippen LogP contribution in [0.25, 0.3) is 0 Å². The van der Waals surface area contributed by atoms with E-state index in [9.17, 15) is 4.79 Å². The van der Waals surface area contributed by atoms with Crippen LogP contribution in [-0.2, 0) is 0 Å². The zero-order valence-electron chi connectivity index (χ0n) is 15.4. The number of rotatable bonds is 2. The number of hydrogen-bond donors (Lipinski definition) is 2. The van der Waals surface area contributed by atoms with Crippen molar-refractivity contribution in [3.63, 3.8) is 0 Å². The Morgan fingerprint density at radius 1 is 1.09 bits per heavy atom. The van der Waals surface area contributed by atoms with Gasteiger partial charge in [-0.25, -0.2) is 4.79 Å². The highest BCUT2D eigenvalue weighted by Gasteiger charge is 2.37. The number of fused-ring (bicyclic) bond motifs is 2. The van der Waals surface area contributed by atoms with Gasteiger partial charge in [-0.2, -0.15) is 0 Å². The van der Waals surface area contributed by atoms with Crippen molar-refractivity contribution in [2.24, 2.45) is 11.3 Å². The van der Waals surface area contributed by atoms with Crippen molar-refractivity contribution in [1.29, 1.82) is 0 Å². The van der Waals surface area contributed by atoms with Crippen LogP contribution in [0.3, 0.4) is 0 Å². The van der Waals surface area contributed by atoms with Gasteiger partial charge < -0.3 is 15.5 Å². The molecule has 5 atom stereocenters. The minimum absolute atomic E-state index is 0.0641. The monoisotopic (exact) mass is 321 g/mol. The summed E-state index contributed by atoms with van der Waals surface area (Å²) in [5.74, 6) is 0.571. The lowest BCUT2D eigenvalue weighted by Crippen LogP contribution is -2.57. The number of nitrogens with zero attached hydrogens (tertiary/aromatic N) is 1. The van der Waals surface area contributed by atoms with E-state index in [0.29, 0.717) is 35.5 Å². The van der Waals surface area contributed by atoms with E-state index in [4.69, 9.17) is 0 Å². The Bertz CT molecular complexity index is 422. The number of amides is 2. The van der Waals surface area contributed by atoms with Crippen LogP contribution in [0, 0.1) is 11.3 Å². The van der Waals surface area contributed by atoms with Crippen molar-refractivity contribution in [2.75, 3.05) is 7.05 Å². The number of hydrogen-bond acceptors (Lipinski definition) is 2. The minimum atomic E-state index is 0.0641. The third kappa shape index (κ3) is 4.01. The summed E-state index contributed by atoms with van der Waals surface area (Å²) in [6.45, 7) is 6.97. The van der Waals surface area contributed by atoms with E-state index in [-0.39, 0.29) is 6.03 Å². The van der Waals surface area contributed by atoms with Gasteiger partial charge in [0.1, 0.15) is 0 Å². The van der Waals surface area contributed by atoms with Gasteiger partial charge in [-0.1, -0.05) is 27.2 Å². The van der Waals surface area contributed by atoms with E-state index in [1.807, 2.05) is 0 Å². The summed E-state index contributed by atoms with van der Waals surface area (Å²) in [5, 5.41) is 6.55. The molecule has 0 radical (unpaired) electrons. The molecule has 4 nitrogen and oxygen atoms in total. The first-order valence-electron chi connectivity index (χ1n) is 9.63. The molecule has 0 aromatic rings. The second-order valence-corrected chi connectivity index (χ2v) is 9.18. The topological polar surface area (TPSA) is 44.4 Å². The van der Waals surface area contributed by atoms with Crippen molar-refractivity contribution in [2.45, 2.75) is 96.3 Å². The van der Waals surface area contributed by atoms with Gasteiger partial charge in [0.15, 0.2) is 0 Å². The third-order valence-corrected chi connectivity index (χ3v) is 6.69. The molecular formula is C19H35N3O. The Hall–Kier alpha value is -0.770. The summed E-state index contributed by atoms with van der Waals surface area (Å²) in [5.41, 5.74) is 0.430. The molecule has 1 aliphatic carbocycles. The maximum Gasteiger partial charge on any atom is 0.315 e. The quantitative estimate of drug-likeness (QED) is 0.817. The fourth-order valence-corrected chi connectivity index (χ4v) is 5.29. The lowest BCUT2D eigenvalue weighted by Gasteiger charge is -2.47. The largest absolute Gasteiger partial charge is 0.335 e. The van der Waals surface area contributed by atoms with E-state index >= 15 is 0 Å². The lowest BCUT2D eigenvalue weighted by molar-refractivity contribution is 0.0504. The summed E-state index contributed by atoms with van der Waals surface area (Å²) in [6, 6.07) is 2.10. The molecule has 3 fully saturated rings. The fraction of sp³-hybridized carbons (Fsp3) is 0.947. The zero-order valence-corrected chi connectivity index (χ0v) is 15.4. The van der Waals surface area contributed by atoms with Gasteiger partial charge in [-0.05, 0) is 63.3 Å². The summed E-state index contributed by atoms with van der Waals surface area (Å²) >= 11 is 0. The molecule has 132 valence electrons. The maximum absolute atomic E-state index is 12.5. The Balaban J connectivity index is 1.48. The number of carbonyl (C=O) groups excluding carboxylic acids is 1. The predicted octanol–water partition coefficient (Wildman–Crippen LogP) is 3.52. The molecule has 3 rings (SSSR count). The Morgan fingerprint density at radius 3 is 2.35 bits per heavy atom. The standard InChI is InChI=1S/C19H35N3O/c1-13-12-19(2,3)9-8-17(13)21-18(23)20-14-10-15-6-5-7-16(11-14)22(15)4/h13-17H,5-12H2,1-4H3,(H2,20,21,23)/t13-,14?,15-,16+,17+/m0/s1. The summed E-state index contributed by atoms with van der Waals surface area (Å²) in [7, 11) is 2.26. The van der Waals surface area contributed by atoms with Crippen LogP contribution in [0.1, 0.15) is 72.1 Å². The normalized spacial score (nSPS) is 40.4. The number of nitrogens with one attached hydrogen (secondary N) is 2. The first kappa shape index (κ1) is 17.1. The van der Waals surface area contributed by atoms with Gasteiger partial charge in [-0.3, -0.25) is 0 Å². The molecule has 0 aromatic carbocycles. The van der Waals surface area contributed by atoms with Crippen LogP contribution in [0.5, 0.6) is 0 Å². The second kappa shape index (κ2) is 6.62. The van der Waals surface area contributed by atoms with Gasteiger partial charge in [0.25, 0.3) is 0 Å². The highest BCUT2D eigenvalue weighted by molar-refractivity contribution is 5.74. The highest BCUT2D eigenvalue weighted by atomic mass is 16.2. The average molecular weight is 322 g/mol. The third-order valence-electron chi connectivity index (χ3n) is 6.69. The van der Waals surface area contributed by atoms with Gasteiger partial charge >= 0.3 is 6.03 Å². The van der Waals surface area contributed by atoms with Crippen LogP contribution < -0.4 is 10.6 Å². The van der Waals surface area contributed by atoms with E-state index in [1.54, 1.807) is 0 Å². The molecule has 2 saturated heterocycles. The Kier molecular flexibility index (Phi) is 4.91. The Morgan fingerprint density at radius 2 is 1.74 bits per heavy atom. The number of piperidine rings is 2. The molecule has 2 N–H and O–H groups in total. The molecule has 2 amide bonds. The first-order valence-corrected chi connectivity index (χ1v) is 9.63. The highest BCUT2D eigenvalue weighted by Crippen LogP contribution is 2.38. The lowest BCUT2D eigenvalue weighted by atomic mass is 9.70. The molecule has 1 saturated carbocycles. The fourth-order valence-electron chi connectivity index (χ4n) is 5.29. The molecule has 1 unspecified atom stereocenters. The van der Waals surface area contributed by atoms with E-state index in [1.165, 1.54) is 32.1 Å². The van der Waals surface area contributed by atoms with Crippen molar-refractivity contribution in [3.8, 4) is 0 Å². The molecular weight excluding hydrogens is 286 g/mol. The minimum Gasteiger partial charge on any atom is -0.335 e. The van der Waals surface area contributed by atoms with E-state index in [0.717, 1.165) is 19.3 Å². The molecule has 2 bridgehead atoms. The van der Waals surface area contributed by atoms with Crippen LogP contribution in [0.4, 0.5) is 4.79 Å². The SMILES string of the molecule is C[C@H]1CC(C)(C)CC[C@H]1NC(=O)NC1C[C@H]2CCC[C@@H](C1)N2C. The Labute approximate surface area is 141 Å². The molecule has 2 aliphatic heterocycles. The molecule has 0 spiro atoms. The predicted molar refractivity (Wildman–Crippen MR) is 94.5 cm³/mol. The molecule has 3 aliphatic rings.